The summed E-state index contributed by atoms with van der Waals surface area (Å²) in [6.45, 7) is 0.915. The van der Waals surface area contributed by atoms with Crippen LogP contribution in [0.5, 0.6) is 5.75 Å². The van der Waals surface area contributed by atoms with Gasteiger partial charge in [0.05, 0.1) is 0 Å². The average Bonchev–Trinajstić information content (AvgIpc) is 3.19. The molecule has 0 spiro atoms. The van der Waals surface area contributed by atoms with Crippen LogP contribution in [0.1, 0.15) is 19.3 Å². The zero-order chi connectivity index (χ0) is 16.2. The van der Waals surface area contributed by atoms with Crippen LogP contribution in [-0.2, 0) is 0 Å². The molecule has 0 aliphatic carbocycles. The molecule has 23 heavy (non-hydrogen) atoms. The molecule has 2 heterocycles. The predicted molar refractivity (Wildman–Crippen MR) is 82.9 cm³/mol. The van der Waals surface area contributed by atoms with E-state index in [0.29, 0.717) is 11.7 Å². The number of ether oxygens (including phenoxy) is 1. The molecule has 7 heteroatoms. The molecule has 0 radical (unpaired) electrons. The molecule has 0 unspecified atom stereocenters. The highest BCUT2D eigenvalue weighted by Gasteiger charge is 2.31. The van der Waals surface area contributed by atoms with Crippen molar-refractivity contribution in [2.45, 2.75) is 31.9 Å². The smallest absolute Gasteiger partial charge is 0.387 e. The highest BCUT2D eigenvalue weighted by atomic mass is 19.3. The maximum atomic E-state index is 12.3. The lowest BCUT2D eigenvalue weighted by molar-refractivity contribution is -0.0498. The van der Waals surface area contributed by atoms with Gasteiger partial charge in [-0.15, -0.1) is 0 Å². The van der Waals surface area contributed by atoms with Gasteiger partial charge in [-0.1, -0.05) is 0 Å². The second-order valence-electron chi connectivity index (χ2n) is 5.96. The Bertz CT molecular complexity index is 533. The molecule has 1 N–H and O–H groups in total. The molecule has 0 aromatic heterocycles. The van der Waals surface area contributed by atoms with E-state index in [9.17, 15) is 13.6 Å². The van der Waals surface area contributed by atoms with Crippen molar-refractivity contribution in [2.75, 3.05) is 31.5 Å². The first-order valence-corrected chi connectivity index (χ1v) is 7.96. The number of alkyl halides is 2. The van der Waals surface area contributed by atoms with Crippen LogP contribution in [0.25, 0.3) is 0 Å². The Labute approximate surface area is 134 Å². The van der Waals surface area contributed by atoms with Crippen molar-refractivity contribution in [1.29, 1.82) is 0 Å². The molecule has 126 valence electrons. The fourth-order valence-electron chi connectivity index (χ4n) is 3.25. The van der Waals surface area contributed by atoms with Crippen LogP contribution in [0, 0.1) is 0 Å². The van der Waals surface area contributed by atoms with Crippen molar-refractivity contribution in [3.63, 3.8) is 0 Å². The monoisotopic (exact) mass is 325 g/mol. The molecule has 1 aromatic rings. The number of benzene rings is 1. The van der Waals surface area contributed by atoms with Crippen molar-refractivity contribution in [3.05, 3.63) is 24.3 Å². The third-order valence-corrected chi connectivity index (χ3v) is 4.44. The van der Waals surface area contributed by atoms with E-state index in [2.05, 4.69) is 15.0 Å². The Morgan fingerprint density at radius 3 is 2.52 bits per heavy atom. The van der Waals surface area contributed by atoms with Gasteiger partial charge in [-0.2, -0.15) is 8.78 Å². The van der Waals surface area contributed by atoms with Crippen LogP contribution in [0.2, 0.25) is 0 Å². The Kier molecular flexibility index (Phi) is 4.95. The van der Waals surface area contributed by atoms with Crippen molar-refractivity contribution >= 4 is 11.7 Å². The molecule has 2 amide bonds. The molecular weight excluding hydrogens is 304 g/mol. The SMILES string of the molecule is O=C(Nc1ccc(OC(F)F)cc1)N1CC[C@H](N2CCCC2)C1. The lowest BCUT2D eigenvalue weighted by Crippen LogP contribution is -2.38. The third kappa shape index (κ3) is 4.10. The fraction of sp³-hybridized carbons (Fsp3) is 0.562. The van der Waals surface area contributed by atoms with E-state index in [0.717, 1.165) is 32.6 Å². The molecule has 1 atom stereocenters. The number of nitrogens with zero attached hydrogens (tertiary/aromatic N) is 2. The topological polar surface area (TPSA) is 44.8 Å². The first kappa shape index (κ1) is 16.0. The van der Waals surface area contributed by atoms with E-state index in [1.165, 1.54) is 25.0 Å². The second-order valence-corrected chi connectivity index (χ2v) is 5.96. The normalized spacial score (nSPS) is 21.9. The lowest BCUT2D eigenvalue weighted by atomic mass is 10.2. The molecule has 2 saturated heterocycles. The summed E-state index contributed by atoms with van der Waals surface area (Å²) < 4.78 is 28.5. The fourth-order valence-corrected chi connectivity index (χ4v) is 3.25. The molecule has 2 fully saturated rings. The standard InChI is InChI=1S/C16H21F2N3O2/c17-15(18)23-14-5-3-12(4-6-14)19-16(22)21-10-7-13(11-21)20-8-1-2-9-20/h3-6,13,15H,1-2,7-11H2,(H,19,22)/t13-/m0/s1. The highest BCUT2D eigenvalue weighted by Crippen LogP contribution is 2.22. The maximum Gasteiger partial charge on any atom is 0.387 e. The first-order chi connectivity index (χ1) is 11.1. The number of carbonyl (C=O) groups excluding carboxylic acids is 1. The van der Waals surface area contributed by atoms with Crippen molar-refractivity contribution in [1.82, 2.24) is 9.80 Å². The number of nitrogens with one attached hydrogen (secondary N) is 1. The van der Waals surface area contributed by atoms with E-state index in [4.69, 9.17) is 0 Å². The van der Waals surface area contributed by atoms with Gasteiger partial charge in [0.2, 0.25) is 0 Å². The van der Waals surface area contributed by atoms with Crippen LogP contribution in [0.3, 0.4) is 0 Å². The van der Waals surface area contributed by atoms with Crippen LogP contribution in [0.4, 0.5) is 19.3 Å². The first-order valence-electron chi connectivity index (χ1n) is 7.96. The summed E-state index contributed by atoms with van der Waals surface area (Å²) in [5.74, 6) is 0.0771. The lowest BCUT2D eigenvalue weighted by Gasteiger charge is -2.23. The average molecular weight is 325 g/mol. The molecule has 3 rings (SSSR count). The Morgan fingerprint density at radius 1 is 1.17 bits per heavy atom. The Morgan fingerprint density at radius 2 is 1.87 bits per heavy atom. The van der Waals surface area contributed by atoms with Crippen LogP contribution >= 0.6 is 0 Å². The van der Waals surface area contributed by atoms with Gasteiger partial charge in [-0.05, 0) is 56.6 Å². The minimum Gasteiger partial charge on any atom is -0.435 e. The number of likely N-dealkylation sites (tertiary alicyclic amines) is 2. The van der Waals surface area contributed by atoms with Crippen molar-refractivity contribution in [3.8, 4) is 5.75 Å². The Hall–Kier alpha value is -1.89. The molecule has 5 nitrogen and oxygen atoms in total. The van der Waals surface area contributed by atoms with Gasteiger partial charge in [0.1, 0.15) is 5.75 Å². The summed E-state index contributed by atoms with van der Waals surface area (Å²) >= 11 is 0. The summed E-state index contributed by atoms with van der Waals surface area (Å²) in [5.41, 5.74) is 0.571. The zero-order valence-electron chi connectivity index (χ0n) is 12.9. The van der Waals surface area contributed by atoms with Gasteiger partial charge in [0.25, 0.3) is 0 Å². The quantitative estimate of drug-likeness (QED) is 0.925. The predicted octanol–water partition coefficient (Wildman–Crippen LogP) is 2.99. The van der Waals surface area contributed by atoms with E-state index < -0.39 is 6.61 Å². The molecule has 2 aliphatic heterocycles. The number of rotatable bonds is 4. The van der Waals surface area contributed by atoms with Gasteiger partial charge in [0, 0.05) is 24.8 Å². The second kappa shape index (κ2) is 7.12. The van der Waals surface area contributed by atoms with E-state index >= 15 is 0 Å². The van der Waals surface area contributed by atoms with E-state index in [1.807, 2.05) is 4.90 Å². The largest absolute Gasteiger partial charge is 0.435 e. The number of halogens is 2. The van der Waals surface area contributed by atoms with Crippen LogP contribution in [-0.4, -0.2) is 54.7 Å². The number of urea groups is 1. The van der Waals surface area contributed by atoms with Gasteiger partial charge < -0.3 is 15.0 Å². The summed E-state index contributed by atoms with van der Waals surface area (Å²) in [7, 11) is 0. The van der Waals surface area contributed by atoms with Gasteiger partial charge in [0.15, 0.2) is 0 Å². The minimum atomic E-state index is -2.84. The molecule has 2 aliphatic rings. The van der Waals surface area contributed by atoms with Crippen molar-refractivity contribution < 1.29 is 18.3 Å². The molecular formula is C16H21F2N3O2. The highest BCUT2D eigenvalue weighted by molar-refractivity contribution is 5.89. The number of hydrogen-bond acceptors (Lipinski definition) is 3. The minimum absolute atomic E-state index is 0.0771. The molecule has 1 aromatic carbocycles. The number of anilines is 1. The molecule has 0 saturated carbocycles. The van der Waals surface area contributed by atoms with Crippen molar-refractivity contribution in [2.24, 2.45) is 0 Å². The van der Waals surface area contributed by atoms with Gasteiger partial charge >= 0.3 is 12.6 Å². The van der Waals surface area contributed by atoms with Crippen LogP contribution < -0.4 is 10.1 Å². The summed E-state index contributed by atoms with van der Waals surface area (Å²) in [6, 6.07) is 6.27. The zero-order valence-corrected chi connectivity index (χ0v) is 12.9. The Balaban J connectivity index is 1.51. The number of carbonyl (C=O) groups is 1. The maximum absolute atomic E-state index is 12.3. The summed E-state index contributed by atoms with van der Waals surface area (Å²) in [5, 5.41) is 2.80. The number of hydrogen-bond donors (Lipinski definition) is 1. The number of amides is 2. The molecule has 0 bridgehead atoms. The summed E-state index contributed by atoms with van der Waals surface area (Å²) in [6.07, 6.45) is 3.50. The third-order valence-electron chi connectivity index (χ3n) is 4.44. The van der Waals surface area contributed by atoms with Crippen LogP contribution in [0.15, 0.2) is 24.3 Å². The van der Waals surface area contributed by atoms with Gasteiger partial charge in [-0.25, -0.2) is 4.79 Å². The van der Waals surface area contributed by atoms with Gasteiger partial charge in [-0.3, -0.25) is 4.90 Å². The van der Waals surface area contributed by atoms with E-state index in [-0.39, 0.29) is 11.8 Å². The summed E-state index contributed by atoms with van der Waals surface area (Å²) in [4.78, 5) is 16.6. The van der Waals surface area contributed by atoms with E-state index in [1.54, 1.807) is 12.1 Å².